The van der Waals surface area contributed by atoms with Gasteiger partial charge < -0.3 is 4.90 Å². The molecule has 0 aromatic rings. The van der Waals surface area contributed by atoms with E-state index in [1.807, 2.05) is 0 Å². The van der Waals surface area contributed by atoms with Crippen molar-refractivity contribution in [1.82, 2.24) is 4.90 Å². The Morgan fingerprint density at radius 1 is 1.19 bits per heavy atom. The van der Waals surface area contributed by atoms with Gasteiger partial charge in [0.25, 0.3) is 0 Å². The SMILES string of the molecule is O=C(CCCCCl)N1CCCS(=O)(=O)CC1. The molecule has 0 radical (unpaired) electrons. The van der Waals surface area contributed by atoms with Gasteiger partial charge in [-0.3, -0.25) is 4.79 Å². The van der Waals surface area contributed by atoms with Crippen molar-refractivity contribution in [2.45, 2.75) is 25.7 Å². The average Bonchev–Trinajstić information content (AvgIpc) is 2.39. The van der Waals surface area contributed by atoms with E-state index in [0.29, 0.717) is 31.8 Å². The van der Waals surface area contributed by atoms with Gasteiger partial charge in [0.2, 0.25) is 5.91 Å². The van der Waals surface area contributed by atoms with Gasteiger partial charge in [0.1, 0.15) is 0 Å². The van der Waals surface area contributed by atoms with E-state index >= 15 is 0 Å². The van der Waals surface area contributed by atoms with Crippen LogP contribution in [0, 0.1) is 0 Å². The van der Waals surface area contributed by atoms with Crippen LogP contribution in [-0.4, -0.2) is 49.7 Å². The number of amides is 1. The van der Waals surface area contributed by atoms with Gasteiger partial charge in [-0.15, -0.1) is 11.6 Å². The maximum Gasteiger partial charge on any atom is 0.222 e. The molecule has 16 heavy (non-hydrogen) atoms. The summed E-state index contributed by atoms with van der Waals surface area (Å²) in [6.07, 6.45) is 2.65. The van der Waals surface area contributed by atoms with Gasteiger partial charge in [-0.2, -0.15) is 0 Å². The van der Waals surface area contributed by atoms with Gasteiger partial charge in [-0.05, 0) is 19.3 Å². The monoisotopic (exact) mass is 267 g/mol. The molecule has 0 saturated carbocycles. The topological polar surface area (TPSA) is 54.5 Å². The first kappa shape index (κ1) is 13.8. The first-order valence-corrected chi connectivity index (χ1v) is 7.95. The highest BCUT2D eigenvalue weighted by Crippen LogP contribution is 2.08. The summed E-state index contributed by atoms with van der Waals surface area (Å²) in [5.74, 6) is 0.941. The lowest BCUT2D eigenvalue weighted by Gasteiger charge is -2.19. The number of hydrogen-bond donors (Lipinski definition) is 0. The molecule has 1 saturated heterocycles. The first-order valence-electron chi connectivity index (χ1n) is 5.59. The van der Waals surface area contributed by atoms with Gasteiger partial charge in [0.05, 0.1) is 11.5 Å². The third-order valence-corrected chi connectivity index (χ3v) is 4.67. The summed E-state index contributed by atoms with van der Waals surface area (Å²) in [6.45, 7) is 0.918. The van der Waals surface area contributed by atoms with E-state index in [0.717, 1.165) is 12.8 Å². The zero-order valence-electron chi connectivity index (χ0n) is 9.32. The Hall–Kier alpha value is -0.290. The van der Waals surface area contributed by atoms with E-state index < -0.39 is 9.84 Å². The van der Waals surface area contributed by atoms with Crippen LogP contribution in [0.4, 0.5) is 0 Å². The molecule has 0 spiro atoms. The predicted octanol–water partition coefficient (Wildman–Crippen LogP) is 1.04. The molecule has 1 fully saturated rings. The molecule has 6 heteroatoms. The number of nitrogens with zero attached hydrogens (tertiary/aromatic N) is 1. The second-order valence-corrected chi connectivity index (χ2v) is 6.71. The van der Waals surface area contributed by atoms with E-state index in [1.165, 1.54) is 0 Å². The Bertz CT molecular complexity index is 329. The molecule has 94 valence electrons. The van der Waals surface area contributed by atoms with Gasteiger partial charge >= 0.3 is 0 Å². The molecule has 1 aliphatic heterocycles. The molecule has 0 aromatic heterocycles. The highest BCUT2D eigenvalue weighted by atomic mass is 35.5. The van der Waals surface area contributed by atoms with Crippen molar-refractivity contribution >= 4 is 27.3 Å². The maximum absolute atomic E-state index is 11.7. The predicted molar refractivity (Wildman–Crippen MR) is 64.4 cm³/mol. The van der Waals surface area contributed by atoms with Crippen molar-refractivity contribution in [3.63, 3.8) is 0 Å². The zero-order valence-corrected chi connectivity index (χ0v) is 10.9. The fourth-order valence-corrected chi connectivity index (χ4v) is 3.18. The van der Waals surface area contributed by atoms with Crippen LogP contribution in [0.1, 0.15) is 25.7 Å². The van der Waals surface area contributed by atoms with E-state index in [2.05, 4.69) is 0 Å². The smallest absolute Gasteiger partial charge is 0.222 e. The number of alkyl halides is 1. The molecule has 0 aromatic carbocycles. The minimum Gasteiger partial charge on any atom is -0.342 e. The molecule has 0 N–H and O–H groups in total. The van der Waals surface area contributed by atoms with Crippen LogP contribution >= 0.6 is 11.6 Å². The van der Waals surface area contributed by atoms with Gasteiger partial charge in [0, 0.05) is 25.4 Å². The molecule has 0 aliphatic carbocycles. The lowest BCUT2D eigenvalue weighted by molar-refractivity contribution is -0.131. The van der Waals surface area contributed by atoms with Crippen LogP contribution in [0.3, 0.4) is 0 Å². The molecular weight excluding hydrogens is 250 g/mol. The second-order valence-electron chi connectivity index (χ2n) is 4.03. The Balaban J connectivity index is 2.39. The van der Waals surface area contributed by atoms with Crippen molar-refractivity contribution < 1.29 is 13.2 Å². The van der Waals surface area contributed by atoms with E-state index in [1.54, 1.807) is 4.90 Å². The molecule has 1 heterocycles. The maximum atomic E-state index is 11.7. The number of hydrogen-bond acceptors (Lipinski definition) is 3. The standard InChI is InChI=1S/C10H18ClNO3S/c11-5-2-1-4-10(13)12-6-3-8-16(14,15)9-7-12/h1-9H2. The van der Waals surface area contributed by atoms with Crippen molar-refractivity contribution in [2.75, 3.05) is 30.5 Å². The summed E-state index contributed by atoms with van der Waals surface area (Å²) in [5, 5.41) is 0. The molecule has 4 nitrogen and oxygen atoms in total. The average molecular weight is 268 g/mol. The first-order chi connectivity index (χ1) is 7.55. The number of halogens is 1. The molecule has 1 amide bonds. The highest BCUT2D eigenvalue weighted by Gasteiger charge is 2.21. The Labute approximate surface area is 102 Å². The Kier molecular flexibility index (Phi) is 5.55. The lowest BCUT2D eigenvalue weighted by Crippen LogP contribution is -2.33. The summed E-state index contributed by atoms with van der Waals surface area (Å²) in [5.41, 5.74) is 0. The molecule has 0 bridgehead atoms. The minimum atomic E-state index is -2.93. The summed E-state index contributed by atoms with van der Waals surface area (Å²) >= 11 is 5.53. The molecule has 1 aliphatic rings. The fourth-order valence-electron chi connectivity index (χ4n) is 1.72. The van der Waals surface area contributed by atoms with Crippen LogP contribution in [0.5, 0.6) is 0 Å². The normalized spacial score (nSPS) is 20.4. The van der Waals surface area contributed by atoms with Crippen LogP contribution in [0.25, 0.3) is 0 Å². The van der Waals surface area contributed by atoms with Crippen molar-refractivity contribution in [3.05, 3.63) is 0 Å². The Morgan fingerprint density at radius 2 is 1.94 bits per heavy atom. The van der Waals surface area contributed by atoms with Gasteiger partial charge in [-0.1, -0.05) is 0 Å². The summed E-state index contributed by atoms with van der Waals surface area (Å²) in [6, 6.07) is 0. The lowest BCUT2D eigenvalue weighted by atomic mass is 10.2. The third-order valence-electron chi connectivity index (χ3n) is 2.68. The zero-order chi connectivity index (χ0) is 12.0. The number of unbranched alkanes of at least 4 members (excludes halogenated alkanes) is 1. The molecular formula is C10H18ClNO3S. The van der Waals surface area contributed by atoms with Crippen molar-refractivity contribution in [2.24, 2.45) is 0 Å². The van der Waals surface area contributed by atoms with E-state index in [4.69, 9.17) is 11.6 Å². The Morgan fingerprint density at radius 3 is 2.62 bits per heavy atom. The molecule has 1 rings (SSSR count). The van der Waals surface area contributed by atoms with Crippen LogP contribution in [0.15, 0.2) is 0 Å². The van der Waals surface area contributed by atoms with Crippen LogP contribution in [0.2, 0.25) is 0 Å². The molecule has 0 atom stereocenters. The second kappa shape index (κ2) is 6.45. The largest absolute Gasteiger partial charge is 0.342 e. The van der Waals surface area contributed by atoms with Gasteiger partial charge in [0.15, 0.2) is 9.84 Å². The summed E-state index contributed by atoms with van der Waals surface area (Å²) < 4.78 is 22.7. The summed E-state index contributed by atoms with van der Waals surface area (Å²) in [4.78, 5) is 13.4. The highest BCUT2D eigenvalue weighted by molar-refractivity contribution is 7.91. The quantitative estimate of drug-likeness (QED) is 0.565. The third kappa shape index (κ3) is 4.70. The van der Waals surface area contributed by atoms with Crippen molar-refractivity contribution in [3.8, 4) is 0 Å². The minimum absolute atomic E-state index is 0.0576. The fraction of sp³-hybridized carbons (Fsp3) is 0.900. The number of rotatable bonds is 4. The number of sulfone groups is 1. The number of carbonyl (C=O) groups is 1. The van der Waals surface area contributed by atoms with E-state index in [9.17, 15) is 13.2 Å². The molecule has 0 unspecified atom stereocenters. The number of carbonyl (C=O) groups excluding carboxylic acids is 1. The van der Waals surface area contributed by atoms with Crippen LogP contribution in [-0.2, 0) is 14.6 Å². The van der Waals surface area contributed by atoms with Gasteiger partial charge in [-0.25, -0.2) is 8.42 Å². The summed E-state index contributed by atoms with van der Waals surface area (Å²) in [7, 11) is -2.93. The van der Waals surface area contributed by atoms with Crippen LogP contribution < -0.4 is 0 Å². The van der Waals surface area contributed by atoms with E-state index in [-0.39, 0.29) is 17.4 Å². The van der Waals surface area contributed by atoms with Crippen molar-refractivity contribution in [1.29, 1.82) is 0 Å².